The van der Waals surface area contributed by atoms with Gasteiger partial charge in [-0.1, -0.05) is 0 Å². The van der Waals surface area contributed by atoms with Crippen LogP contribution in [0.1, 0.15) is 12.8 Å². The van der Waals surface area contributed by atoms with Crippen LogP contribution in [0.4, 0.5) is 0 Å². The van der Waals surface area contributed by atoms with E-state index in [1.54, 1.807) is 0 Å². The van der Waals surface area contributed by atoms with E-state index in [0.717, 1.165) is 19.0 Å². The van der Waals surface area contributed by atoms with E-state index in [0.29, 0.717) is 18.3 Å². The minimum Gasteiger partial charge on any atom is -0.464 e. The van der Waals surface area contributed by atoms with E-state index in [1.165, 1.54) is 19.4 Å². The molecule has 0 N–H and O–H groups in total. The molecule has 72 valence electrons. The van der Waals surface area contributed by atoms with Gasteiger partial charge in [-0.2, -0.15) is 0 Å². The molecule has 0 amide bonds. The van der Waals surface area contributed by atoms with Crippen molar-refractivity contribution in [1.29, 1.82) is 0 Å². The number of piperidine rings is 3. The van der Waals surface area contributed by atoms with Gasteiger partial charge in [0.05, 0.1) is 0 Å². The van der Waals surface area contributed by atoms with Crippen LogP contribution in [-0.2, 0) is 9.53 Å². The average molecular weight is 181 g/mol. The van der Waals surface area contributed by atoms with Crippen molar-refractivity contribution in [3.05, 3.63) is 0 Å². The summed E-state index contributed by atoms with van der Waals surface area (Å²) in [6, 6.07) is 0. The van der Waals surface area contributed by atoms with Gasteiger partial charge in [-0.15, -0.1) is 0 Å². The van der Waals surface area contributed by atoms with Gasteiger partial charge in [0.15, 0.2) is 0 Å². The van der Waals surface area contributed by atoms with Crippen molar-refractivity contribution in [3.8, 4) is 0 Å². The SMILES string of the molecule is O=COC1C2CC3C[C@@H]1CN(C3)C2. The molecule has 5 atom stereocenters. The summed E-state index contributed by atoms with van der Waals surface area (Å²) in [6.07, 6.45) is 2.81. The summed E-state index contributed by atoms with van der Waals surface area (Å²) in [5.74, 6) is 2.16. The lowest BCUT2D eigenvalue weighted by molar-refractivity contribution is -0.160. The second-order valence-corrected chi connectivity index (χ2v) is 4.77. The molecule has 3 heterocycles. The quantitative estimate of drug-likeness (QED) is 0.581. The molecule has 1 saturated carbocycles. The number of rotatable bonds is 2. The molecule has 4 fully saturated rings. The first kappa shape index (κ1) is 7.80. The average Bonchev–Trinajstić information content (AvgIpc) is 2.10. The molecule has 0 aromatic heterocycles. The van der Waals surface area contributed by atoms with Crippen LogP contribution < -0.4 is 0 Å². The molecule has 3 saturated heterocycles. The molecule has 4 aliphatic rings. The fraction of sp³-hybridized carbons (Fsp3) is 0.900. The molecule has 0 spiro atoms. The summed E-state index contributed by atoms with van der Waals surface area (Å²) >= 11 is 0. The van der Waals surface area contributed by atoms with Crippen molar-refractivity contribution < 1.29 is 9.53 Å². The number of hydrogen-bond acceptors (Lipinski definition) is 3. The fourth-order valence-electron chi connectivity index (χ4n) is 3.65. The van der Waals surface area contributed by atoms with Crippen LogP contribution in [0.3, 0.4) is 0 Å². The van der Waals surface area contributed by atoms with E-state index in [9.17, 15) is 4.79 Å². The third kappa shape index (κ3) is 1.10. The van der Waals surface area contributed by atoms with E-state index in [2.05, 4.69) is 4.90 Å². The maximum atomic E-state index is 10.4. The number of hydrogen-bond donors (Lipinski definition) is 0. The summed E-state index contributed by atoms with van der Waals surface area (Å²) in [4.78, 5) is 12.9. The van der Waals surface area contributed by atoms with Gasteiger partial charge in [0.25, 0.3) is 6.47 Å². The second-order valence-electron chi connectivity index (χ2n) is 4.77. The van der Waals surface area contributed by atoms with E-state index < -0.39 is 0 Å². The van der Waals surface area contributed by atoms with E-state index in [4.69, 9.17) is 4.74 Å². The maximum Gasteiger partial charge on any atom is 0.293 e. The zero-order chi connectivity index (χ0) is 8.84. The van der Waals surface area contributed by atoms with Gasteiger partial charge in [0.2, 0.25) is 0 Å². The third-order valence-electron chi connectivity index (χ3n) is 3.92. The lowest BCUT2D eigenvalue weighted by Crippen LogP contribution is -2.60. The Morgan fingerprint density at radius 2 is 1.85 bits per heavy atom. The van der Waals surface area contributed by atoms with Crippen molar-refractivity contribution in [2.75, 3.05) is 19.6 Å². The molecule has 1 aliphatic carbocycles. The predicted octanol–water partition coefficient (Wildman–Crippen LogP) is 0.500. The van der Waals surface area contributed by atoms with Gasteiger partial charge in [-0.05, 0) is 18.8 Å². The Bertz CT molecular complexity index is 201. The van der Waals surface area contributed by atoms with Crippen LogP contribution in [-0.4, -0.2) is 37.1 Å². The highest BCUT2D eigenvalue weighted by atomic mass is 16.5. The van der Waals surface area contributed by atoms with Crippen LogP contribution in [0.2, 0.25) is 0 Å². The summed E-state index contributed by atoms with van der Waals surface area (Å²) < 4.78 is 5.21. The Labute approximate surface area is 78.0 Å². The Morgan fingerprint density at radius 1 is 1.15 bits per heavy atom. The predicted molar refractivity (Wildman–Crippen MR) is 47.1 cm³/mol. The summed E-state index contributed by atoms with van der Waals surface area (Å²) in [5.41, 5.74) is 0. The largest absolute Gasteiger partial charge is 0.464 e. The van der Waals surface area contributed by atoms with Crippen LogP contribution >= 0.6 is 0 Å². The first-order chi connectivity index (χ1) is 6.36. The lowest BCUT2D eigenvalue weighted by atomic mass is 9.66. The molecule has 3 aliphatic heterocycles. The van der Waals surface area contributed by atoms with Crippen molar-refractivity contribution in [2.24, 2.45) is 17.8 Å². The smallest absolute Gasteiger partial charge is 0.293 e. The summed E-state index contributed by atoms with van der Waals surface area (Å²) in [5, 5.41) is 0. The second kappa shape index (κ2) is 2.71. The van der Waals surface area contributed by atoms with Crippen molar-refractivity contribution in [1.82, 2.24) is 4.90 Å². The van der Waals surface area contributed by atoms with Crippen molar-refractivity contribution >= 4 is 6.47 Å². The van der Waals surface area contributed by atoms with Gasteiger partial charge in [0, 0.05) is 31.5 Å². The Balaban J connectivity index is 1.81. The fourth-order valence-corrected chi connectivity index (χ4v) is 3.65. The highest BCUT2D eigenvalue weighted by Crippen LogP contribution is 2.44. The third-order valence-corrected chi connectivity index (χ3v) is 3.92. The monoisotopic (exact) mass is 181 g/mol. The zero-order valence-electron chi connectivity index (χ0n) is 7.69. The van der Waals surface area contributed by atoms with Gasteiger partial charge >= 0.3 is 0 Å². The Kier molecular flexibility index (Phi) is 1.62. The minimum atomic E-state index is 0.241. The molecule has 4 rings (SSSR count). The van der Waals surface area contributed by atoms with Gasteiger partial charge in [-0.25, -0.2) is 0 Å². The van der Waals surface area contributed by atoms with Gasteiger partial charge < -0.3 is 9.64 Å². The number of ether oxygens (including phenoxy) is 1. The Morgan fingerprint density at radius 3 is 2.38 bits per heavy atom. The first-order valence-electron chi connectivity index (χ1n) is 5.18. The zero-order valence-corrected chi connectivity index (χ0v) is 7.69. The van der Waals surface area contributed by atoms with Gasteiger partial charge in [-0.3, -0.25) is 4.79 Å². The van der Waals surface area contributed by atoms with Crippen LogP contribution in [0.25, 0.3) is 0 Å². The molecular formula is C10H15NO2. The molecule has 13 heavy (non-hydrogen) atoms. The van der Waals surface area contributed by atoms with Crippen LogP contribution in [0, 0.1) is 17.8 Å². The van der Waals surface area contributed by atoms with Gasteiger partial charge in [0.1, 0.15) is 6.10 Å². The maximum absolute atomic E-state index is 10.4. The van der Waals surface area contributed by atoms with E-state index >= 15 is 0 Å². The van der Waals surface area contributed by atoms with E-state index in [1.807, 2.05) is 0 Å². The molecule has 4 bridgehead atoms. The normalized spacial score (nSPS) is 52.2. The highest BCUT2D eigenvalue weighted by Gasteiger charge is 2.48. The molecule has 0 radical (unpaired) electrons. The molecule has 3 nitrogen and oxygen atoms in total. The Hall–Kier alpha value is -0.570. The number of nitrogens with zero attached hydrogens (tertiary/aromatic N) is 1. The highest BCUT2D eigenvalue weighted by molar-refractivity contribution is 5.38. The molecular weight excluding hydrogens is 166 g/mol. The molecule has 0 aromatic carbocycles. The summed E-state index contributed by atoms with van der Waals surface area (Å²) in [7, 11) is 0. The van der Waals surface area contributed by atoms with Crippen molar-refractivity contribution in [2.45, 2.75) is 18.9 Å². The topological polar surface area (TPSA) is 29.5 Å². The van der Waals surface area contributed by atoms with Crippen molar-refractivity contribution in [3.63, 3.8) is 0 Å². The number of carbonyl (C=O) groups is 1. The van der Waals surface area contributed by atoms with Crippen LogP contribution in [0.15, 0.2) is 0 Å². The first-order valence-corrected chi connectivity index (χ1v) is 5.18. The molecule has 3 heteroatoms. The number of carbonyl (C=O) groups excluding carboxylic acids is 1. The lowest BCUT2D eigenvalue weighted by Gasteiger charge is -2.54. The minimum absolute atomic E-state index is 0.241. The summed E-state index contributed by atoms with van der Waals surface area (Å²) in [6.45, 7) is 4.25. The van der Waals surface area contributed by atoms with E-state index in [-0.39, 0.29) is 6.10 Å². The molecule has 4 unspecified atom stereocenters. The molecule has 0 aromatic rings. The standard InChI is InChI=1S/C10H15NO2/c12-6-13-10-8-1-7-2-9(10)5-11(3-7)4-8/h6-10H,1-5H2/t7?,8-,9?,10?/m1/s1. The van der Waals surface area contributed by atoms with Crippen LogP contribution in [0.5, 0.6) is 0 Å².